The highest BCUT2D eigenvalue weighted by molar-refractivity contribution is 6.28. The Morgan fingerprint density at radius 1 is 1.40 bits per heavy atom. The van der Waals surface area contributed by atoms with Gasteiger partial charge >= 0.3 is 6.09 Å². The van der Waals surface area contributed by atoms with Gasteiger partial charge in [-0.25, -0.2) is 14.8 Å². The van der Waals surface area contributed by atoms with E-state index in [2.05, 4.69) is 9.97 Å². The second kappa shape index (κ2) is 5.88. The molecule has 5 nitrogen and oxygen atoms in total. The van der Waals surface area contributed by atoms with Crippen molar-refractivity contribution in [2.75, 3.05) is 0 Å². The molecule has 1 aromatic carbocycles. The second-order valence-electron chi connectivity index (χ2n) is 4.36. The summed E-state index contributed by atoms with van der Waals surface area (Å²) >= 11 is 5.78. The number of rotatable bonds is 3. The van der Waals surface area contributed by atoms with Gasteiger partial charge in [-0.15, -0.1) is 0 Å². The molecule has 104 valence electrons. The first-order valence-corrected chi connectivity index (χ1v) is 6.40. The van der Waals surface area contributed by atoms with E-state index < -0.39 is 12.2 Å². The quantitative estimate of drug-likeness (QED) is 0.880. The normalized spacial score (nSPS) is 11.9. The van der Waals surface area contributed by atoms with Gasteiger partial charge in [0.25, 0.3) is 0 Å². The molecule has 0 spiro atoms. The van der Waals surface area contributed by atoms with Crippen LogP contribution in [0.15, 0.2) is 30.5 Å². The summed E-state index contributed by atoms with van der Waals surface area (Å²) in [6, 6.07) is 7.51. The molecule has 1 unspecified atom stereocenters. The molecule has 0 aliphatic heterocycles. The van der Waals surface area contributed by atoms with Gasteiger partial charge in [-0.2, -0.15) is 0 Å². The minimum atomic E-state index is -0.788. The maximum absolute atomic E-state index is 10.8. The number of benzene rings is 1. The first-order valence-electron chi connectivity index (χ1n) is 6.03. The molecule has 1 amide bonds. The Balaban J connectivity index is 2.32. The van der Waals surface area contributed by atoms with Gasteiger partial charge in [-0.3, -0.25) is 0 Å². The average molecular weight is 292 g/mol. The van der Waals surface area contributed by atoms with E-state index in [1.165, 1.54) is 0 Å². The van der Waals surface area contributed by atoms with E-state index >= 15 is 0 Å². The zero-order valence-electron chi connectivity index (χ0n) is 11.1. The van der Waals surface area contributed by atoms with E-state index in [0.717, 1.165) is 22.4 Å². The van der Waals surface area contributed by atoms with Crippen LogP contribution in [0.4, 0.5) is 4.79 Å². The van der Waals surface area contributed by atoms with E-state index in [0.29, 0.717) is 0 Å². The standard InChI is InChI=1S/C14H14ClN3O2/c1-8-7-10(12-5-6-17-13(15)18-12)3-4-11(8)9(2)20-14(16)19/h3-7,9H,1-2H3,(H2,16,19). The summed E-state index contributed by atoms with van der Waals surface area (Å²) < 4.78 is 4.97. The van der Waals surface area contributed by atoms with Crippen molar-refractivity contribution < 1.29 is 9.53 Å². The molecule has 2 aromatic rings. The molecule has 0 bridgehead atoms. The lowest BCUT2D eigenvalue weighted by molar-refractivity contribution is 0.116. The third-order valence-electron chi connectivity index (χ3n) is 2.92. The molecular formula is C14H14ClN3O2. The molecule has 6 heteroatoms. The van der Waals surface area contributed by atoms with Gasteiger partial charge in [-0.1, -0.05) is 12.1 Å². The highest BCUT2D eigenvalue weighted by Crippen LogP contribution is 2.26. The van der Waals surface area contributed by atoms with Gasteiger partial charge in [0, 0.05) is 11.8 Å². The maximum atomic E-state index is 10.8. The SMILES string of the molecule is Cc1cc(-c2ccnc(Cl)n2)ccc1C(C)OC(N)=O. The Hall–Kier alpha value is -2.14. The van der Waals surface area contributed by atoms with Crippen molar-refractivity contribution >= 4 is 17.7 Å². The fraction of sp³-hybridized carbons (Fsp3) is 0.214. The number of hydrogen-bond acceptors (Lipinski definition) is 4. The monoisotopic (exact) mass is 291 g/mol. The average Bonchev–Trinajstić information content (AvgIpc) is 2.37. The number of ether oxygens (including phenoxy) is 1. The topological polar surface area (TPSA) is 78.1 Å². The van der Waals surface area contributed by atoms with Gasteiger partial charge in [0.05, 0.1) is 5.69 Å². The molecule has 1 aromatic heterocycles. The zero-order valence-corrected chi connectivity index (χ0v) is 11.9. The van der Waals surface area contributed by atoms with Crippen molar-refractivity contribution in [3.05, 3.63) is 46.9 Å². The van der Waals surface area contributed by atoms with Crippen LogP contribution >= 0.6 is 11.6 Å². The predicted molar refractivity (Wildman–Crippen MR) is 76.3 cm³/mol. The van der Waals surface area contributed by atoms with E-state index in [-0.39, 0.29) is 5.28 Å². The first-order chi connectivity index (χ1) is 9.47. The van der Waals surface area contributed by atoms with E-state index in [1.54, 1.807) is 19.2 Å². The summed E-state index contributed by atoms with van der Waals surface area (Å²) in [6.07, 6.45) is 0.423. The van der Waals surface area contributed by atoms with E-state index in [1.807, 2.05) is 25.1 Å². The van der Waals surface area contributed by atoms with Crippen molar-refractivity contribution in [2.45, 2.75) is 20.0 Å². The Morgan fingerprint density at radius 2 is 2.15 bits per heavy atom. The number of amides is 1. The van der Waals surface area contributed by atoms with Gasteiger partial charge in [0.2, 0.25) is 5.28 Å². The van der Waals surface area contributed by atoms with E-state index in [9.17, 15) is 4.79 Å². The Kier molecular flexibility index (Phi) is 4.20. The van der Waals surface area contributed by atoms with Crippen molar-refractivity contribution in [3.63, 3.8) is 0 Å². The lowest BCUT2D eigenvalue weighted by Crippen LogP contribution is -2.16. The fourth-order valence-corrected chi connectivity index (χ4v) is 2.17. The maximum Gasteiger partial charge on any atom is 0.405 e. The van der Waals surface area contributed by atoms with Gasteiger partial charge < -0.3 is 10.5 Å². The van der Waals surface area contributed by atoms with E-state index in [4.69, 9.17) is 22.1 Å². The highest BCUT2D eigenvalue weighted by atomic mass is 35.5. The molecule has 0 aliphatic rings. The summed E-state index contributed by atoms with van der Waals surface area (Å²) in [5.41, 5.74) is 8.56. The van der Waals surface area contributed by atoms with Crippen LogP contribution in [0.5, 0.6) is 0 Å². The van der Waals surface area contributed by atoms with Crippen LogP contribution in [-0.4, -0.2) is 16.1 Å². The van der Waals surface area contributed by atoms with Crippen molar-refractivity contribution in [1.82, 2.24) is 9.97 Å². The van der Waals surface area contributed by atoms with Crippen LogP contribution in [0.3, 0.4) is 0 Å². The smallest absolute Gasteiger partial charge is 0.405 e. The number of aryl methyl sites for hydroxylation is 1. The number of nitrogens with two attached hydrogens (primary N) is 1. The van der Waals surface area contributed by atoms with Gasteiger partial charge in [0.1, 0.15) is 6.10 Å². The lowest BCUT2D eigenvalue weighted by Gasteiger charge is -2.15. The molecule has 0 aliphatic carbocycles. The van der Waals surface area contributed by atoms with Crippen LogP contribution in [0.25, 0.3) is 11.3 Å². The summed E-state index contributed by atoms with van der Waals surface area (Å²) in [6.45, 7) is 3.71. The molecule has 0 fully saturated rings. The highest BCUT2D eigenvalue weighted by Gasteiger charge is 2.13. The van der Waals surface area contributed by atoms with Crippen molar-refractivity contribution in [1.29, 1.82) is 0 Å². The van der Waals surface area contributed by atoms with Crippen molar-refractivity contribution in [2.24, 2.45) is 5.73 Å². The molecular weight excluding hydrogens is 278 g/mol. The molecule has 0 radical (unpaired) electrons. The summed E-state index contributed by atoms with van der Waals surface area (Å²) in [7, 11) is 0. The number of carbonyl (C=O) groups excluding carboxylic acids is 1. The minimum absolute atomic E-state index is 0.203. The van der Waals surface area contributed by atoms with Crippen LogP contribution in [0.1, 0.15) is 24.2 Å². The lowest BCUT2D eigenvalue weighted by atomic mass is 10.00. The predicted octanol–water partition coefficient (Wildman–Crippen LogP) is 3.26. The number of primary amides is 1. The summed E-state index contributed by atoms with van der Waals surface area (Å²) in [4.78, 5) is 18.8. The fourth-order valence-electron chi connectivity index (χ4n) is 2.02. The molecule has 1 atom stereocenters. The minimum Gasteiger partial charge on any atom is -0.442 e. The van der Waals surface area contributed by atoms with Gasteiger partial charge in [0.15, 0.2) is 0 Å². The Bertz CT molecular complexity index is 646. The van der Waals surface area contributed by atoms with Crippen LogP contribution in [0, 0.1) is 6.92 Å². The van der Waals surface area contributed by atoms with Crippen LogP contribution < -0.4 is 5.73 Å². The zero-order chi connectivity index (χ0) is 14.7. The number of hydrogen-bond donors (Lipinski definition) is 1. The summed E-state index contributed by atoms with van der Waals surface area (Å²) in [5.74, 6) is 0. The first kappa shape index (κ1) is 14.3. The number of aromatic nitrogens is 2. The molecule has 0 saturated heterocycles. The van der Waals surface area contributed by atoms with Crippen LogP contribution in [-0.2, 0) is 4.74 Å². The molecule has 2 N–H and O–H groups in total. The summed E-state index contributed by atoms with van der Waals surface area (Å²) in [5, 5.41) is 0.203. The largest absolute Gasteiger partial charge is 0.442 e. The van der Waals surface area contributed by atoms with Crippen molar-refractivity contribution in [3.8, 4) is 11.3 Å². The number of nitrogens with zero attached hydrogens (tertiary/aromatic N) is 2. The van der Waals surface area contributed by atoms with Gasteiger partial charge in [-0.05, 0) is 48.7 Å². The van der Waals surface area contributed by atoms with Crippen LogP contribution in [0.2, 0.25) is 5.28 Å². The Morgan fingerprint density at radius 3 is 2.75 bits per heavy atom. The number of halogens is 1. The molecule has 2 rings (SSSR count). The molecule has 0 saturated carbocycles. The third kappa shape index (κ3) is 3.24. The third-order valence-corrected chi connectivity index (χ3v) is 3.10. The second-order valence-corrected chi connectivity index (χ2v) is 4.70. The Labute approximate surface area is 121 Å². The molecule has 1 heterocycles. The number of carbonyl (C=O) groups is 1. The molecule has 20 heavy (non-hydrogen) atoms.